The molecule has 1 aromatic rings. The van der Waals surface area contributed by atoms with Gasteiger partial charge in [0.15, 0.2) is 0 Å². The fraction of sp³-hybridized carbons (Fsp3) is 0.400. The van der Waals surface area contributed by atoms with Gasteiger partial charge in [0.05, 0.1) is 17.1 Å². The molecule has 1 N–H and O–H groups in total. The highest BCUT2D eigenvalue weighted by molar-refractivity contribution is 8.23. The quantitative estimate of drug-likeness (QED) is 0.839. The molecule has 1 aromatic carbocycles. The highest BCUT2D eigenvalue weighted by atomic mass is 32.2. The van der Waals surface area contributed by atoms with Crippen molar-refractivity contribution in [2.24, 2.45) is 0 Å². The number of carbonyl (C=O) groups is 2. The first-order valence-corrected chi connectivity index (χ1v) is 8.65. The fourth-order valence-corrected chi connectivity index (χ4v) is 3.78. The summed E-state index contributed by atoms with van der Waals surface area (Å²) in [5.74, 6) is 0.00439. The van der Waals surface area contributed by atoms with Crippen LogP contribution in [0.4, 0.5) is 11.4 Å². The zero-order valence-corrected chi connectivity index (χ0v) is 13.7. The van der Waals surface area contributed by atoms with Crippen LogP contribution in [0.15, 0.2) is 24.3 Å². The molecular weight excluding hydrogens is 318 g/mol. The Bertz CT molecular complexity index is 615. The van der Waals surface area contributed by atoms with Gasteiger partial charge in [0, 0.05) is 13.1 Å². The number of carbonyl (C=O) groups excluding carboxylic acids is 2. The zero-order valence-electron chi connectivity index (χ0n) is 12.1. The predicted molar refractivity (Wildman–Crippen MR) is 93.3 cm³/mol. The molecule has 116 valence electrons. The number of amides is 2. The van der Waals surface area contributed by atoms with E-state index >= 15 is 0 Å². The first-order chi connectivity index (χ1) is 10.6. The van der Waals surface area contributed by atoms with Crippen molar-refractivity contribution < 1.29 is 9.59 Å². The maximum atomic E-state index is 12.5. The Morgan fingerprint density at radius 1 is 1.27 bits per heavy atom. The van der Waals surface area contributed by atoms with Crippen molar-refractivity contribution in [2.45, 2.75) is 12.8 Å². The number of hydrogen-bond acceptors (Lipinski definition) is 4. The molecular formula is C15H17N3O2S2. The third-order valence-corrected chi connectivity index (χ3v) is 5.26. The fourth-order valence-electron chi connectivity index (χ4n) is 2.65. The number of rotatable bonds is 2. The Morgan fingerprint density at radius 3 is 2.77 bits per heavy atom. The van der Waals surface area contributed by atoms with E-state index in [1.165, 1.54) is 16.7 Å². The van der Waals surface area contributed by atoms with Crippen LogP contribution in [0, 0.1) is 0 Å². The molecule has 0 atom stereocenters. The van der Waals surface area contributed by atoms with E-state index in [0.29, 0.717) is 5.69 Å². The number of benzene rings is 1. The summed E-state index contributed by atoms with van der Waals surface area (Å²) in [4.78, 5) is 27.9. The Balaban J connectivity index is 1.65. The van der Waals surface area contributed by atoms with Crippen LogP contribution in [0.5, 0.6) is 0 Å². The molecule has 0 radical (unpaired) electrons. The number of likely N-dealkylation sites (tertiary alicyclic amines) is 1. The smallest absolute Gasteiger partial charge is 0.244 e. The van der Waals surface area contributed by atoms with E-state index in [-0.39, 0.29) is 24.1 Å². The molecule has 22 heavy (non-hydrogen) atoms. The van der Waals surface area contributed by atoms with Crippen molar-refractivity contribution >= 4 is 51.5 Å². The van der Waals surface area contributed by atoms with Crippen LogP contribution in [0.2, 0.25) is 0 Å². The topological polar surface area (TPSA) is 52.7 Å². The lowest BCUT2D eigenvalue weighted by atomic mass is 10.2. The van der Waals surface area contributed by atoms with Crippen molar-refractivity contribution in [3.8, 4) is 0 Å². The van der Waals surface area contributed by atoms with Gasteiger partial charge in [-0.1, -0.05) is 36.1 Å². The van der Waals surface area contributed by atoms with Crippen molar-refractivity contribution in [2.75, 3.05) is 35.6 Å². The van der Waals surface area contributed by atoms with Gasteiger partial charge in [-0.25, -0.2) is 0 Å². The van der Waals surface area contributed by atoms with Crippen molar-refractivity contribution in [3.63, 3.8) is 0 Å². The maximum Gasteiger partial charge on any atom is 0.244 e. The molecule has 2 aliphatic heterocycles. The zero-order chi connectivity index (χ0) is 15.5. The highest BCUT2D eigenvalue weighted by Crippen LogP contribution is 2.29. The molecule has 0 bridgehead atoms. The van der Waals surface area contributed by atoms with Gasteiger partial charge in [0.1, 0.15) is 10.9 Å². The van der Waals surface area contributed by atoms with Crippen LogP contribution in [-0.2, 0) is 9.59 Å². The Hall–Kier alpha value is -1.60. The second-order valence-electron chi connectivity index (χ2n) is 5.29. The van der Waals surface area contributed by atoms with Gasteiger partial charge in [-0.3, -0.25) is 9.59 Å². The van der Waals surface area contributed by atoms with Crippen LogP contribution in [0.25, 0.3) is 0 Å². The summed E-state index contributed by atoms with van der Waals surface area (Å²) >= 11 is 6.76. The van der Waals surface area contributed by atoms with Crippen LogP contribution < -0.4 is 10.2 Å². The third-order valence-electron chi connectivity index (χ3n) is 3.76. The highest BCUT2D eigenvalue weighted by Gasteiger charge is 2.27. The van der Waals surface area contributed by atoms with Crippen LogP contribution >= 0.6 is 24.0 Å². The molecule has 0 unspecified atom stereocenters. The van der Waals surface area contributed by atoms with Gasteiger partial charge in [-0.15, -0.1) is 0 Å². The SMILES string of the molecule is O=C1CN(C(=O)CSC(=S)N2CCCC2)c2ccccc2N1. The van der Waals surface area contributed by atoms with E-state index < -0.39 is 0 Å². The first-order valence-electron chi connectivity index (χ1n) is 7.26. The minimum Gasteiger partial charge on any atom is -0.358 e. The van der Waals surface area contributed by atoms with E-state index in [1.54, 1.807) is 6.07 Å². The number of thiocarbonyl (C=S) groups is 1. The average Bonchev–Trinajstić information content (AvgIpc) is 3.06. The van der Waals surface area contributed by atoms with Gasteiger partial charge >= 0.3 is 0 Å². The lowest BCUT2D eigenvalue weighted by Gasteiger charge is -2.29. The summed E-state index contributed by atoms with van der Waals surface area (Å²) in [5.41, 5.74) is 1.43. The van der Waals surface area contributed by atoms with Crippen molar-refractivity contribution in [1.82, 2.24) is 4.90 Å². The Labute approximate surface area is 139 Å². The lowest BCUT2D eigenvalue weighted by Crippen LogP contribution is -2.43. The summed E-state index contributed by atoms with van der Waals surface area (Å²) in [6.45, 7) is 2.02. The van der Waals surface area contributed by atoms with E-state index in [2.05, 4.69) is 10.2 Å². The summed E-state index contributed by atoms with van der Waals surface area (Å²) in [5, 5.41) is 2.78. The number of nitrogens with zero attached hydrogens (tertiary/aromatic N) is 2. The number of hydrogen-bond donors (Lipinski definition) is 1. The molecule has 2 heterocycles. The second kappa shape index (κ2) is 6.66. The molecule has 0 aliphatic carbocycles. The second-order valence-corrected chi connectivity index (χ2v) is 6.90. The van der Waals surface area contributed by atoms with Gasteiger partial charge in [0.2, 0.25) is 11.8 Å². The molecule has 1 fully saturated rings. The Morgan fingerprint density at radius 2 is 2.00 bits per heavy atom. The van der Waals surface area contributed by atoms with E-state index in [9.17, 15) is 9.59 Å². The van der Waals surface area contributed by atoms with Crippen LogP contribution in [0.3, 0.4) is 0 Å². The van der Waals surface area contributed by atoms with Crippen molar-refractivity contribution in [1.29, 1.82) is 0 Å². The standard InChI is InChI=1S/C15H17N3O2S2/c19-13-9-18(12-6-2-1-5-11(12)16-13)14(20)10-22-15(21)17-7-3-4-8-17/h1-2,5-6H,3-4,7-10H2,(H,16,19). The number of anilines is 2. The number of para-hydroxylation sites is 2. The van der Waals surface area contributed by atoms with Crippen LogP contribution in [-0.4, -0.2) is 46.4 Å². The largest absolute Gasteiger partial charge is 0.358 e. The van der Waals surface area contributed by atoms with E-state index in [0.717, 1.165) is 35.9 Å². The number of thioether (sulfide) groups is 1. The van der Waals surface area contributed by atoms with Gasteiger partial charge < -0.3 is 15.1 Å². The van der Waals surface area contributed by atoms with Crippen molar-refractivity contribution in [3.05, 3.63) is 24.3 Å². The molecule has 2 amide bonds. The minimum absolute atomic E-state index is 0.0624. The average molecular weight is 335 g/mol. The number of nitrogens with one attached hydrogen (secondary N) is 1. The summed E-state index contributed by atoms with van der Waals surface area (Å²) < 4.78 is 0.778. The third kappa shape index (κ3) is 3.25. The Kier molecular flexibility index (Phi) is 4.63. The monoisotopic (exact) mass is 335 g/mol. The molecule has 0 spiro atoms. The van der Waals surface area contributed by atoms with E-state index in [1.807, 2.05) is 18.2 Å². The minimum atomic E-state index is -0.167. The first kappa shape index (κ1) is 15.3. The lowest BCUT2D eigenvalue weighted by molar-refractivity contribution is -0.120. The molecule has 0 saturated carbocycles. The molecule has 0 aromatic heterocycles. The molecule has 7 heteroatoms. The van der Waals surface area contributed by atoms with Crippen LogP contribution in [0.1, 0.15) is 12.8 Å². The van der Waals surface area contributed by atoms with E-state index in [4.69, 9.17) is 12.2 Å². The molecule has 3 rings (SSSR count). The predicted octanol–water partition coefficient (Wildman–Crippen LogP) is 2.09. The molecule has 2 aliphatic rings. The van der Waals surface area contributed by atoms with Gasteiger partial charge in [0.25, 0.3) is 0 Å². The maximum absolute atomic E-state index is 12.5. The summed E-state index contributed by atoms with van der Waals surface area (Å²) in [6.07, 6.45) is 2.32. The molecule has 5 nitrogen and oxygen atoms in total. The summed E-state index contributed by atoms with van der Waals surface area (Å²) in [7, 11) is 0. The summed E-state index contributed by atoms with van der Waals surface area (Å²) in [6, 6.07) is 7.34. The molecule has 1 saturated heterocycles. The van der Waals surface area contributed by atoms with Gasteiger partial charge in [-0.05, 0) is 25.0 Å². The van der Waals surface area contributed by atoms with Gasteiger partial charge in [-0.2, -0.15) is 0 Å². The normalized spacial score (nSPS) is 17.2. The number of fused-ring (bicyclic) bond motifs is 1.